The molecule has 0 unspecified atom stereocenters. The lowest BCUT2D eigenvalue weighted by Gasteiger charge is -2.26. The second kappa shape index (κ2) is 8.23. The molecular formula is C23H16N2O7. The predicted octanol–water partition coefficient (Wildman–Crippen LogP) is 3.32. The molecule has 1 aromatic heterocycles. The van der Waals surface area contributed by atoms with E-state index in [0.29, 0.717) is 17.1 Å². The number of carbonyl (C=O) groups excluding carboxylic acids is 3. The van der Waals surface area contributed by atoms with Gasteiger partial charge in [0, 0.05) is 5.56 Å². The molecule has 2 heterocycles. The Kier molecular flexibility index (Phi) is 5.30. The second-order valence-electron chi connectivity index (χ2n) is 6.74. The van der Waals surface area contributed by atoms with Gasteiger partial charge in [0.2, 0.25) is 0 Å². The summed E-state index contributed by atoms with van der Waals surface area (Å²) < 4.78 is 10.8. The zero-order chi connectivity index (χ0) is 22.8. The van der Waals surface area contributed by atoms with E-state index in [-0.39, 0.29) is 22.6 Å². The molecule has 0 radical (unpaired) electrons. The summed E-state index contributed by atoms with van der Waals surface area (Å²) >= 11 is 0. The molecule has 0 saturated carbocycles. The standard InChI is InChI=1S/C23H16N2O7/c1-31-16-7-5-15(6-8-16)25-21(27)18(20(26)24-23(25)30)12-17-9-10-19(32-17)13-3-2-4-14(11-13)22(28)29/h2-12H,1H3,(H,28,29)(H,24,26,30)/b18-12-. The quantitative estimate of drug-likeness (QED) is 0.468. The minimum atomic E-state index is -1.08. The number of nitrogens with zero attached hydrogens (tertiary/aromatic N) is 1. The number of hydrogen-bond acceptors (Lipinski definition) is 6. The first kappa shape index (κ1) is 20.6. The highest BCUT2D eigenvalue weighted by Gasteiger charge is 2.37. The highest BCUT2D eigenvalue weighted by molar-refractivity contribution is 6.39. The molecule has 1 fully saturated rings. The number of imide groups is 2. The van der Waals surface area contributed by atoms with E-state index in [1.807, 2.05) is 0 Å². The van der Waals surface area contributed by atoms with Crippen molar-refractivity contribution in [1.82, 2.24) is 5.32 Å². The van der Waals surface area contributed by atoms with E-state index in [4.69, 9.17) is 14.3 Å². The Morgan fingerprint density at radius 3 is 2.50 bits per heavy atom. The Hall–Kier alpha value is -4.66. The number of furan rings is 1. The summed E-state index contributed by atoms with van der Waals surface area (Å²) in [7, 11) is 1.49. The number of carbonyl (C=O) groups is 4. The Morgan fingerprint density at radius 2 is 1.81 bits per heavy atom. The monoisotopic (exact) mass is 432 g/mol. The van der Waals surface area contributed by atoms with Crippen molar-refractivity contribution in [2.75, 3.05) is 12.0 Å². The van der Waals surface area contributed by atoms with Crippen LogP contribution in [-0.2, 0) is 9.59 Å². The third-order valence-corrected chi connectivity index (χ3v) is 4.74. The third kappa shape index (κ3) is 3.86. The van der Waals surface area contributed by atoms with Gasteiger partial charge in [0.1, 0.15) is 22.8 Å². The fraction of sp³-hybridized carbons (Fsp3) is 0.0435. The number of carboxylic acids is 1. The van der Waals surface area contributed by atoms with Crippen LogP contribution in [0, 0.1) is 0 Å². The topological polar surface area (TPSA) is 126 Å². The Labute approximate surface area is 181 Å². The summed E-state index contributed by atoms with van der Waals surface area (Å²) in [6.45, 7) is 0. The van der Waals surface area contributed by atoms with Crippen molar-refractivity contribution in [1.29, 1.82) is 0 Å². The Bertz CT molecular complexity index is 1270. The number of amides is 4. The van der Waals surface area contributed by atoms with Crippen LogP contribution in [0.5, 0.6) is 5.75 Å². The van der Waals surface area contributed by atoms with Crippen LogP contribution in [0.2, 0.25) is 0 Å². The van der Waals surface area contributed by atoms with Crippen molar-refractivity contribution in [2.24, 2.45) is 0 Å². The molecule has 2 aromatic carbocycles. The number of benzene rings is 2. The van der Waals surface area contributed by atoms with Crippen LogP contribution in [0.4, 0.5) is 10.5 Å². The number of rotatable bonds is 5. The van der Waals surface area contributed by atoms with E-state index in [9.17, 15) is 19.2 Å². The van der Waals surface area contributed by atoms with Crippen LogP contribution in [-0.4, -0.2) is 36.0 Å². The molecule has 0 spiro atoms. The molecule has 32 heavy (non-hydrogen) atoms. The predicted molar refractivity (Wildman–Crippen MR) is 113 cm³/mol. The van der Waals surface area contributed by atoms with Crippen molar-refractivity contribution in [2.45, 2.75) is 0 Å². The van der Waals surface area contributed by atoms with Gasteiger partial charge in [0.15, 0.2) is 0 Å². The smallest absolute Gasteiger partial charge is 0.335 e. The minimum absolute atomic E-state index is 0.0919. The molecule has 0 atom stereocenters. The molecule has 9 nitrogen and oxygen atoms in total. The third-order valence-electron chi connectivity index (χ3n) is 4.74. The largest absolute Gasteiger partial charge is 0.497 e. The van der Waals surface area contributed by atoms with Crippen molar-refractivity contribution in [3.05, 3.63) is 77.6 Å². The summed E-state index contributed by atoms with van der Waals surface area (Å²) in [5.74, 6) is -1.66. The number of nitrogens with one attached hydrogen (secondary N) is 1. The number of carboxylic acid groups (broad SMARTS) is 1. The maximum absolute atomic E-state index is 12.9. The first-order valence-electron chi connectivity index (χ1n) is 9.36. The highest BCUT2D eigenvalue weighted by Crippen LogP contribution is 2.27. The molecule has 4 rings (SSSR count). The van der Waals surface area contributed by atoms with Gasteiger partial charge in [0.25, 0.3) is 11.8 Å². The van der Waals surface area contributed by atoms with Crippen LogP contribution < -0.4 is 15.0 Å². The zero-order valence-corrected chi connectivity index (χ0v) is 16.7. The second-order valence-corrected chi connectivity index (χ2v) is 6.74. The van der Waals surface area contributed by atoms with E-state index in [2.05, 4.69) is 5.32 Å². The lowest BCUT2D eigenvalue weighted by atomic mass is 10.1. The van der Waals surface area contributed by atoms with E-state index in [1.165, 1.54) is 43.5 Å². The Morgan fingerprint density at radius 1 is 1.06 bits per heavy atom. The van der Waals surface area contributed by atoms with Gasteiger partial charge < -0.3 is 14.3 Å². The average molecular weight is 432 g/mol. The van der Waals surface area contributed by atoms with E-state index in [1.54, 1.807) is 30.3 Å². The van der Waals surface area contributed by atoms with Crippen molar-refractivity contribution >= 4 is 35.6 Å². The normalized spacial score (nSPS) is 15.1. The molecule has 1 aliphatic heterocycles. The minimum Gasteiger partial charge on any atom is -0.497 e. The summed E-state index contributed by atoms with van der Waals surface area (Å²) in [6, 6.07) is 14.6. The van der Waals surface area contributed by atoms with Gasteiger partial charge in [-0.15, -0.1) is 0 Å². The van der Waals surface area contributed by atoms with E-state index < -0.39 is 23.8 Å². The van der Waals surface area contributed by atoms with Crippen molar-refractivity contribution < 1.29 is 33.4 Å². The lowest BCUT2D eigenvalue weighted by molar-refractivity contribution is -0.122. The average Bonchev–Trinajstić information content (AvgIpc) is 3.26. The first-order valence-corrected chi connectivity index (χ1v) is 9.36. The number of barbiturate groups is 1. The molecule has 0 bridgehead atoms. The van der Waals surface area contributed by atoms with Gasteiger partial charge in [-0.25, -0.2) is 14.5 Å². The van der Waals surface area contributed by atoms with E-state index in [0.717, 1.165) is 4.90 Å². The fourth-order valence-corrected chi connectivity index (χ4v) is 3.16. The molecule has 1 aliphatic rings. The molecule has 160 valence electrons. The molecular weight excluding hydrogens is 416 g/mol. The van der Waals surface area contributed by atoms with Gasteiger partial charge >= 0.3 is 12.0 Å². The molecule has 9 heteroatoms. The van der Waals surface area contributed by atoms with Crippen LogP contribution >= 0.6 is 0 Å². The zero-order valence-electron chi connectivity index (χ0n) is 16.7. The van der Waals surface area contributed by atoms with Crippen LogP contribution in [0.25, 0.3) is 17.4 Å². The molecule has 0 aliphatic carbocycles. The fourth-order valence-electron chi connectivity index (χ4n) is 3.16. The van der Waals surface area contributed by atoms with Crippen molar-refractivity contribution in [3.63, 3.8) is 0 Å². The SMILES string of the molecule is COc1ccc(N2C(=O)NC(=O)/C(=C/c3ccc(-c4cccc(C(=O)O)c4)o3)C2=O)cc1. The highest BCUT2D eigenvalue weighted by atomic mass is 16.5. The Balaban J connectivity index is 1.65. The van der Waals surface area contributed by atoms with Gasteiger partial charge in [-0.2, -0.15) is 0 Å². The van der Waals surface area contributed by atoms with Gasteiger partial charge in [-0.3, -0.25) is 14.9 Å². The number of urea groups is 1. The molecule has 4 amide bonds. The molecule has 3 aromatic rings. The van der Waals surface area contributed by atoms with Crippen LogP contribution in [0.3, 0.4) is 0 Å². The van der Waals surface area contributed by atoms with Crippen LogP contribution in [0.15, 0.2) is 70.7 Å². The van der Waals surface area contributed by atoms with Gasteiger partial charge in [-0.05, 0) is 54.6 Å². The van der Waals surface area contributed by atoms with E-state index >= 15 is 0 Å². The first-order chi connectivity index (χ1) is 15.4. The summed E-state index contributed by atoms with van der Waals surface area (Å²) in [5.41, 5.74) is 0.580. The molecule has 2 N–H and O–H groups in total. The maximum Gasteiger partial charge on any atom is 0.335 e. The number of anilines is 1. The van der Waals surface area contributed by atoms with Crippen molar-refractivity contribution in [3.8, 4) is 17.1 Å². The molecule has 1 saturated heterocycles. The van der Waals surface area contributed by atoms with Crippen LogP contribution in [0.1, 0.15) is 16.1 Å². The summed E-state index contributed by atoms with van der Waals surface area (Å²) in [6.07, 6.45) is 1.23. The number of ether oxygens (including phenoxy) is 1. The number of hydrogen-bond donors (Lipinski definition) is 2. The van der Waals surface area contributed by atoms with Gasteiger partial charge in [-0.1, -0.05) is 12.1 Å². The number of aromatic carboxylic acids is 1. The summed E-state index contributed by atoms with van der Waals surface area (Å²) in [5, 5.41) is 11.3. The summed E-state index contributed by atoms with van der Waals surface area (Å²) in [4.78, 5) is 49.6. The lowest BCUT2D eigenvalue weighted by Crippen LogP contribution is -2.54. The number of methoxy groups -OCH3 is 1. The maximum atomic E-state index is 12.9. The van der Waals surface area contributed by atoms with Gasteiger partial charge in [0.05, 0.1) is 18.4 Å².